The van der Waals surface area contributed by atoms with E-state index in [1.165, 1.54) is 24.3 Å². The Labute approximate surface area is 741 Å². The van der Waals surface area contributed by atoms with Crippen LogP contribution >= 0.6 is 91.3 Å². The van der Waals surface area contributed by atoms with Crippen LogP contribution in [0.25, 0.3) is 33.8 Å². The molecule has 3 heterocycles. The number of carbonyl (C=O) groups excluding carboxylic acids is 8. The van der Waals surface area contributed by atoms with Gasteiger partial charge in [0.2, 0.25) is 5.24 Å². The van der Waals surface area contributed by atoms with Crippen LogP contribution in [0.4, 0.5) is 0 Å². The van der Waals surface area contributed by atoms with Crippen molar-refractivity contribution in [3.63, 3.8) is 0 Å². The number of carbonyl (C=O) groups is 8. The van der Waals surface area contributed by atoms with Gasteiger partial charge in [0.15, 0.2) is 21.4 Å². The molecule has 9 rings (SSSR count). The molecule has 5 N–H and O–H groups in total. The fraction of sp³-hybridized carbons (Fsp3) is 0.384. The van der Waals surface area contributed by atoms with Crippen molar-refractivity contribution in [2.24, 2.45) is 17.6 Å². The molecule has 0 bridgehead atoms. The van der Waals surface area contributed by atoms with Crippen LogP contribution in [0.1, 0.15) is 179 Å². The van der Waals surface area contributed by atoms with Crippen LogP contribution in [0.3, 0.4) is 0 Å². The molecule has 0 aliphatic rings. The molecule has 0 radical (unpaired) electrons. The SMILES string of the molecule is CC(=O)c1ccc(Br)cc1.CC(C)C(=O)CC(=O)c1ccc(Br)cc1.CC(C)C(=O)Cl.CCO.CCOC(=O)CCN.CCOC(=O)Cn1nc(-c2ccc(Br)cc2)cc1C(C)C.CCOC(=O)Cn1nc(C(C)C)cc1-c1ccc(Br)cc1.CCOC(=O)Cn1nc(C(C)C)cc1-c1ccc(Br)cc1.CS(=O)(=O)c1cccc(B(O)O)c1. The van der Waals surface area contributed by atoms with E-state index in [1.807, 2.05) is 103 Å². The standard InChI is InChI=1S/3C16H19BrN2O2.C12H13BrO2.C8H7BrO.C7H9BO4S.C5H11NO2.C4H7ClO.C2H6O/c1-4-21-16(20)10-19-15(11(2)3)9-14(18-19)12-5-7-13(17)8-6-12;2*1-4-21-16(20)10-19-15(9-14(18-19)11(2)3)12-5-7-13(17)8-6-12;1-8(2)11(14)7-12(15)9-3-5-10(13)6-4-9;1-6(10)7-2-4-8(9)5-3-7;1-13(11,12)7-4-2-3-6(5-7)8(9)10;1-2-8-5(7)3-4-6;1-3(2)4(5)6;1-2-3/h3*5-9,11H,4,10H2,1-3H3;3-6,8H,7H2,1-2H3;2-5H,1H3;2-5,9-10H,1H3;2-4,6H2,1H3;3H,1-2H3;3H,2H2,1H3. The Morgan fingerprint density at radius 2 is 0.831 bits per heavy atom. The molecule has 0 aliphatic heterocycles. The lowest BCUT2D eigenvalue weighted by molar-refractivity contribution is -0.145. The fourth-order valence-electron chi connectivity index (χ4n) is 9.20. The van der Waals surface area contributed by atoms with E-state index in [-0.39, 0.29) is 107 Å². The normalized spacial score (nSPS) is 10.4. The van der Waals surface area contributed by atoms with Gasteiger partial charge in [0.25, 0.3) is 0 Å². The van der Waals surface area contributed by atoms with E-state index in [1.54, 1.807) is 120 Å². The van der Waals surface area contributed by atoms with E-state index < -0.39 is 17.0 Å². The van der Waals surface area contributed by atoms with E-state index >= 15 is 0 Å². The lowest BCUT2D eigenvalue weighted by Gasteiger charge is -2.08. The van der Waals surface area contributed by atoms with Crippen LogP contribution in [-0.2, 0) is 77.2 Å². The molecule has 0 unspecified atom stereocenters. The van der Waals surface area contributed by atoms with Crippen LogP contribution < -0.4 is 11.2 Å². The second-order valence-electron chi connectivity index (χ2n) is 26.9. The summed E-state index contributed by atoms with van der Waals surface area (Å²) in [6, 6.07) is 49.9. The Morgan fingerprint density at radius 3 is 1.14 bits per heavy atom. The zero-order valence-electron chi connectivity index (χ0n) is 69.8. The molecule has 0 aliphatic carbocycles. The summed E-state index contributed by atoms with van der Waals surface area (Å²) in [5.41, 5.74) is 15.4. The van der Waals surface area contributed by atoms with Gasteiger partial charge in [-0.05, 0) is 178 Å². The Balaban J connectivity index is 0.000000689. The highest BCUT2D eigenvalue weighted by Crippen LogP contribution is 2.29. The summed E-state index contributed by atoms with van der Waals surface area (Å²) in [6.45, 7) is 32.7. The molecule has 3 aromatic heterocycles. The van der Waals surface area contributed by atoms with Crippen molar-refractivity contribution in [3.8, 4) is 33.8 Å². The maximum atomic E-state index is 11.7. The summed E-state index contributed by atoms with van der Waals surface area (Å²) in [5.74, 6) is -0.225. The van der Waals surface area contributed by atoms with Crippen molar-refractivity contribution >= 4 is 160 Å². The number of esters is 4. The number of ketones is 3. The Kier molecular flexibility index (Phi) is 53.2. The van der Waals surface area contributed by atoms with Gasteiger partial charge < -0.3 is 39.8 Å². The number of nitrogens with zero attached hydrogens (tertiary/aromatic N) is 6. The largest absolute Gasteiger partial charge is 0.488 e. The first kappa shape index (κ1) is 108. The summed E-state index contributed by atoms with van der Waals surface area (Å²) in [7, 11) is -4.92. The van der Waals surface area contributed by atoms with Crippen molar-refractivity contribution in [1.82, 2.24) is 29.3 Å². The quantitative estimate of drug-likeness (QED) is 0.00977. The first-order valence-electron chi connectivity index (χ1n) is 37.9. The molecule has 0 spiro atoms. The van der Waals surface area contributed by atoms with Gasteiger partial charge in [-0.3, -0.25) is 52.4 Å². The van der Waals surface area contributed by atoms with Crippen molar-refractivity contribution in [2.75, 3.05) is 45.8 Å². The maximum Gasteiger partial charge on any atom is 0.488 e. The van der Waals surface area contributed by atoms with Crippen molar-refractivity contribution in [1.29, 1.82) is 0 Å². The van der Waals surface area contributed by atoms with E-state index in [4.69, 9.17) is 46.7 Å². The Morgan fingerprint density at radius 1 is 0.483 bits per heavy atom. The fourth-order valence-corrected chi connectivity index (χ4v) is 11.2. The van der Waals surface area contributed by atoms with Crippen molar-refractivity contribution in [2.45, 2.75) is 166 Å². The number of aliphatic hydroxyl groups excluding tert-OH is 1. The minimum Gasteiger partial charge on any atom is -0.466 e. The highest BCUT2D eigenvalue weighted by atomic mass is 79.9. The molecule has 0 amide bonds. The number of halogens is 6. The third kappa shape index (κ3) is 43.3. The third-order valence-electron chi connectivity index (χ3n) is 15.4. The van der Waals surface area contributed by atoms with Crippen LogP contribution in [0, 0.1) is 11.8 Å². The molecule has 9 aromatic rings. The third-order valence-corrected chi connectivity index (χ3v) is 19.6. The summed E-state index contributed by atoms with van der Waals surface area (Å²) in [6.07, 6.45) is 1.39. The number of hydrogen-bond acceptors (Lipinski definition) is 21. The van der Waals surface area contributed by atoms with Gasteiger partial charge in [-0.15, -0.1) is 0 Å². The number of aromatic nitrogens is 6. The summed E-state index contributed by atoms with van der Waals surface area (Å²) < 4.78 is 51.9. The highest BCUT2D eigenvalue weighted by Gasteiger charge is 2.21. The number of nitrogens with two attached hydrogens (primary N) is 1. The van der Waals surface area contributed by atoms with E-state index in [0.29, 0.717) is 56.8 Å². The molecule has 32 heteroatoms. The first-order chi connectivity index (χ1) is 55.5. The van der Waals surface area contributed by atoms with Gasteiger partial charge in [0.05, 0.1) is 72.6 Å². The second-order valence-corrected chi connectivity index (χ2v) is 33.8. The minimum atomic E-state index is -3.28. The lowest BCUT2D eigenvalue weighted by atomic mass is 9.80. The second kappa shape index (κ2) is 58.1. The molecule has 118 heavy (non-hydrogen) atoms. The van der Waals surface area contributed by atoms with Gasteiger partial charge in [0, 0.05) is 76.0 Å². The molecule has 642 valence electrons. The molecule has 0 fully saturated rings. The van der Waals surface area contributed by atoms with Crippen LogP contribution in [0.15, 0.2) is 191 Å². The average molecular weight is 1990 g/mol. The zero-order chi connectivity index (χ0) is 89.5. The number of benzene rings is 6. The molecule has 6 aromatic carbocycles. The van der Waals surface area contributed by atoms with Gasteiger partial charge in [0.1, 0.15) is 25.4 Å². The van der Waals surface area contributed by atoms with E-state index in [0.717, 1.165) is 85.0 Å². The van der Waals surface area contributed by atoms with Crippen LogP contribution in [0.5, 0.6) is 0 Å². The average Bonchev–Trinajstić information content (AvgIpc) is 1.68. The number of hydrogen-bond donors (Lipinski definition) is 4. The van der Waals surface area contributed by atoms with Crippen molar-refractivity contribution in [3.05, 3.63) is 214 Å². The topological polar surface area (TPSA) is 348 Å². The maximum absolute atomic E-state index is 11.7. The smallest absolute Gasteiger partial charge is 0.466 e. The minimum absolute atomic E-state index is 0.000695. The number of sulfone groups is 1. The molecule has 0 saturated carbocycles. The number of rotatable bonds is 26. The summed E-state index contributed by atoms with van der Waals surface area (Å²) >= 11 is 21.8. The highest BCUT2D eigenvalue weighted by molar-refractivity contribution is 9.11. The summed E-state index contributed by atoms with van der Waals surface area (Å²) in [5, 5.41) is 38.5. The van der Waals surface area contributed by atoms with E-state index in [9.17, 15) is 46.8 Å². The monoisotopic (exact) mass is 1990 g/mol. The van der Waals surface area contributed by atoms with Crippen LogP contribution in [-0.4, -0.2) is 152 Å². The predicted molar refractivity (Wildman–Crippen MR) is 483 cm³/mol. The van der Waals surface area contributed by atoms with Gasteiger partial charge in [-0.25, -0.2) is 8.42 Å². The number of aliphatic hydroxyl groups is 1. The number of ether oxygens (including phenoxy) is 4. The predicted octanol–water partition coefficient (Wildman–Crippen LogP) is 18.0. The number of Topliss-reactive ketones (excluding diaryl/α,β-unsaturated/α-hetero) is 3. The van der Waals surface area contributed by atoms with Gasteiger partial charge in [-0.1, -0.05) is 222 Å². The molecular weight excluding hydrogens is 1880 g/mol. The lowest BCUT2D eigenvalue weighted by Crippen LogP contribution is -2.30. The molecule has 0 saturated heterocycles. The van der Waals surface area contributed by atoms with Gasteiger partial charge in [-0.2, -0.15) is 15.3 Å². The Bertz CT molecular complexity index is 4540. The van der Waals surface area contributed by atoms with E-state index in [2.05, 4.69) is 141 Å². The summed E-state index contributed by atoms with van der Waals surface area (Å²) in [4.78, 5) is 89.2. The van der Waals surface area contributed by atoms with Crippen molar-refractivity contribution < 1.29 is 80.9 Å². The Hall–Kier alpha value is -7.95. The first-order valence-corrected chi connectivity index (χ1v) is 44.1. The molecule has 0 atom stereocenters. The molecular formula is C86H110BBr5ClN7O17S. The van der Waals surface area contributed by atoms with Crippen LogP contribution in [0.2, 0.25) is 0 Å². The molecule has 24 nitrogen and oxygen atoms in total. The zero-order valence-corrected chi connectivity index (χ0v) is 79.3. The van der Waals surface area contributed by atoms with Gasteiger partial charge >= 0.3 is 31.0 Å².